The summed E-state index contributed by atoms with van der Waals surface area (Å²) in [6.07, 6.45) is 0.248. The predicted molar refractivity (Wildman–Crippen MR) is 96.1 cm³/mol. The Morgan fingerprint density at radius 3 is 2.79 bits per heavy atom. The summed E-state index contributed by atoms with van der Waals surface area (Å²) in [7, 11) is -3.32. The topological polar surface area (TPSA) is 59.5 Å². The molecule has 1 atom stereocenters. The van der Waals surface area contributed by atoms with Gasteiger partial charge in [-0.3, -0.25) is 0 Å². The quantitative estimate of drug-likeness (QED) is 0.792. The second-order valence-electron chi connectivity index (χ2n) is 5.70. The number of benzene rings is 1. The molecule has 1 saturated heterocycles. The van der Waals surface area contributed by atoms with Gasteiger partial charge in [-0.05, 0) is 31.0 Å². The van der Waals surface area contributed by atoms with Crippen molar-refractivity contribution in [2.24, 2.45) is 0 Å². The maximum Gasteiger partial charge on any atom is 0.214 e. The van der Waals surface area contributed by atoms with Crippen molar-refractivity contribution in [3.63, 3.8) is 0 Å². The molecule has 0 spiro atoms. The molecule has 1 aliphatic heterocycles. The summed E-state index contributed by atoms with van der Waals surface area (Å²) < 4.78 is 32.6. The van der Waals surface area contributed by atoms with Gasteiger partial charge in [-0.1, -0.05) is 23.7 Å². The summed E-state index contributed by atoms with van der Waals surface area (Å²) in [6.45, 7) is 3.04. The Hall–Kier alpha value is -0.990. The zero-order valence-corrected chi connectivity index (χ0v) is 15.7. The molecule has 0 unspecified atom stereocenters. The second-order valence-corrected chi connectivity index (χ2v) is 9.16. The van der Waals surface area contributed by atoms with E-state index in [4.69, 9.17) is 16.3 Å². The van der Waals surface area contributed by atoms with Crippen LogP contribution in [0.25, 0.3) is 0 Å². The lowest BCUT2D eigenvalue weighted by Crippen LogP contribution is -2.43. The zero-order chi connectivity index (χ0) is 17.2. The van der Waals surface area contributed by atoms with Crippen molar-refractivity contribution >= 4 is 33.0 Å². The van der Waals surface area contributed by atoms with Gasteiger partial charge in [0, 0.05) is 23.0 Å². The summed E-state index contributed by atoms with van der Waals surface area (Å²) in [5.41, 5.74) is 3.61. The van der Waals surface area contributed by atoms with Crippen molar-refractivity contribution in [2.45, 2.75) is 19.4 Å². The lowest BCUT2D eigenvalue weighted by molar-refractivity contribution is -0.00252. The van der Waals surface area contributed by atoms with Gasteiger partial charge in [0.2, 0.25) is 10.0 Å². The molecule has 1 fully saturated rings. The molecule has 2 aromatic rings. The van der Waals surface area contributed by atoms with Crippen molar-refractivity contribution in [1.82, 2.24) is 9.29 Å². The van der Waals surface area contributed by atoms with Crippen LogP contribution >= 0.6 is 22.9 Å². The van der Waals surface area contributed by atoms with Gasteiger partial charge in [-0.15, -0.1) is 11.3 Å². The number of hydrogen-bond acceptors (Lipinski definition) is 5. The molecular formula is C16H19ClN2O3S2. The minimum Gasteiger partial charge on any atom is -0.371 e. The van der Waals surface area contributed by atoms with Crippen LogP contribution in [-0.2, 0) is 21.2 Å². The average molecular weight is 387 g/mol. The summed E-state index contributed by atoms with van der Waals surface area (Å²) in [4.78, 5) is 5.20. The van der Waals surface area contributed by atoms with E-state index in [1.807, 2.05) is 19.1 Å². The lowest BCUT2D eigenvalue weighted by atomic mass is 10.1. The first-order valence-electron chi connectivity index (χ1n) is 7.69. The van der Waals surface area contributed by atoms with E-state index >= 15 is 0 Å². The Morgan fingerprint density at radius 1 is 1.38 bits per heavy atom. The average Bonchev–Trinajstić information content (AvgIpc) is 2.99. The first kappa shape index (κ1) is 17.8. The van der Waals surface area contributed by atoms with Gasteiger partial charge in [0.05, 0.1) is 29.7 Å². The molecule has 0 radical (unpaired) electrons. The van der Waals surface area contributed by atoms with Crippen LogP contribution in [0.4, 0.5) is 0 Å². The highest BCUT2D eigenvalue weighted by molar-refractivity contribution is 7.89. The lowest BCUT2D eigenvalue weighted by Gasteiger charge is -2.32. The Labute approximate surface area is 151 Å². The van der Waals surface area contributed by atoms with Gasteiger partial charge in [0.1, 0.15) is 0 Å². The molecule has 8 heteroatoms. The Kier molecular flexibility index (Phi) is 5.56. The Balaban J connectivity index is 1.66. The van der Waals surface area contributed by atoms with E-state index in [-0.39, 0.29) is 11.9 Å². The molecule has 0 N–H and O–H groups in total. The summed E-state index contributed by atoms with van der Waals surface area (Å²) in [6, 6.07) is 7.34. The Bertz CT molecular complexity index is 790. The summed E-state index contributed by atoms with van der Waals surface area (Å²) >= 11 is 7.41. The van der Waals surface area contributed by atoms with E-state index in [2.05, 4.69) is 4.98 Å². The molecule has 1 aliphatic rings. The first-order chi connectivity index (χ1) is 11.5. The van der Waals surface area contributed by atoms with Crippen LogP contribution in [0.1, 0.15) is 22.2 Å². The number of thiazole rings is 1. The van der Waals surface area contributed by atoms with Crippen molar-refractivity contribution in [3.05, 3.63) is 50.9 Å². The van der Waals surface area contributed by atoms with Crippen LogP contribution < -0.4 is 0 Å². The molecule has 24 heavy (non-hydrogen) atoms. The van der Waals surface area contributed by atoms with E-state index < -0.39 is 10.0 Å². The largest absolute Gasteiger partial charge is 0.371 e. The van der Waals surface area contributed by atoms with E-state index in [0.29, 0.717) is 31.1 Å². The fraction of sp³-hybridized carbons (Fsp3) is 0.438. The first-order valence-corrected chi connectivity index (χ1v) is 10.6. The number of rotatable bonds is 5. The summed E-state index contributed by atoms with van der Waals surface area (Å²) in [5.74, 6) is 0.101. The van der Waals surface area contributed by atoms with Crippen LogP contribution in [0.5, 0.6) is 0 Å². The third kappa shape index (κ3) is 4.15. The maximum atomic E-state index is 12.7. The SMILES string of the molecule is Cc1ncsc1CCS(=O)(=O)N1CCO[C@H](c2ccc(Cl)cc2)C1. The van der Waals surface area contributed by atoms with Crippen LogP contribution in [0.2, 0.25) is 5.02 Å². The van der Waals surface area contributed by atoms with E-state index in [1.165, 1.54) is 15.6 Å². The fourth-order valence-corrected chi connectivity index (χ4v) is 5.15. The Morgan fingerprint density at radius 2 is 2.12 bits per heavy atom. The van der Waals surface area contributed by atoms with Crippen LogP contribution in [0.15, 0.2) is 29.8 Å². The van der Waals surface area contributed by atoms with Crippen LogP contribution in [0.3, 0.4) is 0 Å². The second kappa shape index (κ2) is 7.49. The molecule has 3 rings (SSSR count). The minimum atomic E-state index is -3.32. The fourth-order valence-electron chi connectivity index (χ4n) is 2.67. The number of halogens is 1. The molecule has 130 valence electrons. The van der Waals surface area contributed by atoms with E-state index in [9.17, 15) is 8.42 Å². The maximum absolute atomic E-state index is 12.7. The monoisotopic (exact) mass is 386 g/mol. The van der Waals surface area contributed by atoms with Gasteiger partial charge in [-0.25, -0.2) is 13.4 Å². The molecule has 0 aliphatic carbocycles. The number of hydrogen-bond donors (Lipinski definition) is 0. The van der Waals surface area contributed by atoms with Gasteiger partial charge in [-0.2, -0.15) is 4.31 Å². The number of morpholine rings is 1. The van der Waals surface area contributed by atoms with Crippen LogP contribution in [0, 0.1) is 6.92 Å². The highest BCUT2D eigenvalue weighted by atomic mass is 35.5. The van der Waals surface area contributed by atoms with E-state index in [1.54, 1.807) is 17.6 Å². The number of ether oxygens (including phenoxy) is 1. The molecule has 0 amide bonds. The van der Waals surface area contributed by atoms with Crippen molar-refractivity contribution in [2.75, 3.05) is 25.4 Å². The molecule has 0 saturated carbocycles. The van der Waals surface area contributed by atoms with E-state index in [0.717, 1.165) is 16.1 Å². The molecule has 2 heterocycles. The van der Waals surface area contributed by atoms with Gasteiger partial charge >= 0.3 is 0 Å². The third-order valence-electron chi connectivity index (χ3n) is 4.10. The minimum absolute atomic E-state index is 0.101. The number of aromatic nitrogens is 1. The molecule has 1 aromatic carbocycles. The molecule has 5 nitrogen and oxygen atoms in total. The van der Waals surface area contributed by atoms with Gasteiger partial charge in [0.25, 0.3) is 0 Å². The highest BCUT2D eigenvalue weighted by Crippen LogP contribution is 2.25. The number of nitrogens with zero attached hydrogens (tertiary/aromatic N) is 2. The van der Waals surface area contributed by atoms with Crippen LogP contribution in [-0.4, -0.2) is 43.2 Å². The normalized spacial score (nSPS) is 19.5. The predicted octanol–water partition coefficient (Wildman–Crippen LogP) is 3.05. The smallest absolute Gasteiger partial charge is 0.214 e. The van der Waals surface area contributed by atoms with Crippen molar-refractivity contribution in [3.8, 4) is 0 Å². The summed E-state index contributed by atoms with van der Waals surface area (Å²) in [5, 5.41) is 0.652. The number of sulfonamides is 1. The number of aryl methyl sites for hydroxylation is 2. The molecule has 0 bridgehead atoms. The third-order valence-corrected chi connectivity index (χ3v) is 7.18. The zero-order valence-electron chi connectivity index (χ0n) is 13.3. The highest BCUT2D eigenvalue weighted by Gasteiger charge is 2.30. The van der Waals surface area contributed by atoms with Gasteiger partial charge < -0.3 is 4.74 Å². The molecular weight excluding hydrogens is 368 g/mol. The van der Waals surface area contributed by atoms with Crippen molar-refractivity contribution in [1.29, 1.82) is 0 Å². The van der Waals surface area contributed by atoms with Gasteiger partial charge in [0.15, 0.2) is 0 Å². The molecule has 1 aromatic heterocycles. The van der Waals surface area contributed by atoms with Crippen molar-refractivity contribution < 1.29 is 13.2 Å². The standard InChI is InChI=1S/C16H19ClN2O3S2/c1-12-16(23-11-18-12)6-9-24(20,21)19-7-8-22-15(10-19)13-2-4-14(17)5-3-13/h2-5,11,15H,6-10H2,1H3/t15-/m0/s1.